The normalized spacial score (nSPS) is 11.7. The van der Waals surface area contributed by atoms with Gasteiger partial charge in [0, 0.05) is 5.02 Å². The van der Waals surface area contributed by atoms with Crippen LogP contribution in [0.15, 0.2) is 24.3 Å². The van der Waals surface area contributed by atoms with Crippen LogP contribution in [-0.4, -0.2) is 25.6 Å². The van der Waals surface area contributed by atoms with Gasteiger partial charge < -0.3 is 0 Å². The molecular formula is C15H15ClN4S2. The van der Waals surface area contributed by atoms with E-state index in [0.717, 1.165) is 37.9 Å². The molecule has 0 aliphatic rings. The van der Waals surface area contributed by atoms with Gasteiger partial charge in [0.05, 0.1) is 5.75 Å². The zero-order valence-corrected chi connectivity index (χ0v) is 14.5. The van der Waals surface area contributed by atoms with Gasteiger partial charge in [0.15, 0.2) is 5.82 Å². The lowest BCUT2D eigenvalue weighted by Crippen LogP contribution is -1.94. The number of hydrogen-bond donors (Lipinski definition) is 0. The number of hydrogen-bond acceptors (Lipinski definition) is 5. The summed E-state index contributed by atoms with van der Waals surface area (Å²) in [6.45, 7) is 2.18. The molecule has 0 saturated carbocycles. The minimum Gasteiger partial charge on any atom is -0.186 e. The minimum atomic E-state index is 0.741. The van der Waals surface area contributed by atoms with E-state index in [4.69, 9.17) is 11.6 Å². The Hall–Kier alpha value is -1.37. The first-order valence-corrected chi connectivity index (χ1v) is 9.33. The molecule has 0 saturated heterocycles. The predicted octanol–water partition coefficient (Wildman–Crippen LogP) is 4.65. The van der Waals surface area contributed by atoms with Crippen molar-refractivity contribution in [3.63, 3.8) is 0 Å². The molecular weight excluding hydrogens is 336 g/mol. The first-order valence-electron chi connectivity index (χ1n) is 6.99. The summed E-state index contributed by atoms with van der Waals surface area (Å²) in [6.07, 6.45) is 5.18. The first kappa shape index (κ1) is 15.5. The molecule has 4 nitrogen and oxygen atoms in total. The second-order valence-electron chi connectivity index (χ2n) is 4.69. The molecule has 0 amide bonds. The summed E-state index contributed by atoms with van der Waals surface area (Å²) in [5.41, 5.74) is 1.09. The van der Waals surface area contributed by atoms with E-state index in [9.17, 15) is 0 Å². The standard InChI is InChI=1S/C15H15ClN4S2/c1-2-9-21-10-13-17-18-15-20(13)19-14(22-15)8-5-11-3-6-12(16)7-4-11/h3-8H,2,9-10H2,1H3/b8-5+. The predicted molar refractivity (Wildman–Crippen MR) is 95.5 cm³/mol. The molecule has 0 radical (unpaired) electrons. The van der Waals surface area contributed by atoms with Crippen molar-refractivity contribution in [2.75, 3.05) is 5.75 Å². The van der Waals surface area contributed by atoms with Gasteiger partial charge >= 0.3 is 0 Å². The summed E-state index contributed by atoms with van der Waals surface area (Å²) < 4.78 is 1.84. The van der Waals surface area contributed by atoms with Crippen LogP contribution in [0.4, 0.5) is 0 Å². The summed E-state index contributed by atoms with van der Waals surface area (Å²) in [4.78, 5) is 0.836. The largest absolute Gasteiger partial charge is 0.234 e. The first-order chi connectivity index (χ1) is 10.8. The monoisotopic (exact) mass is 350 g/mol. The van der Waals surface area contributed by atoms with Crippen LogP contribution < -0.4 is 0 Å². The highest BCUT2D eigenvalue weighted by Gasteiger charge is 2.10. The molecule has 0 aliphatic carbocycles. The molecule has 3 rings (SSSR count). The van der Waals surface area contributed by atoms with Crippen LogP contribution in [0.1, 0.15) is 29.7 Å². The quantitative estimate of drug-likeness (QED) is 0.607. The van der Waals surface area contributed by atoms with E-state index in [1.54, 1.807) is 0 Å². The lowest BCUT2D eigenvalue weighted by molar-refractivity contribution is 0.879. The minimum absolute atomic E-state index is 0.741. The van der Waals surface area contributed by atoms with Gasteiger partial charge in [-0.05, 0) is 35.9 Å². The van der Waals surface area contributed by atoms with E-state index < -0.39 is 0 Å². The highest BCUT2D eigenvalue weighted by atomic mass is 35.5. The SMILES string of the molecule is CCCSCc1nnc2sc(/C=C/c3ccc(Cl)cc3)nn12. The van der Waals surface area contributed by atoms with Gasteiger partial charge in [0.2, 0.25) is 4.96 Å². The lowest BCUT2D eigenvalue weighted by Gasteiger charge is -1.95. The molecule has 7 heteroatoms. The van der Waals surface area contributed by atoms with Gasteiger partial charge in [0.25, 0.3) is 0 Å². The lowest BCUT2D eigenvalue weighted by atomic mass is 10.2. The molecule has 1 aromatic carbocycles. The summed E-state index contributed by atoms with van der Waals surface area (Å²) in [5.74, 6) is 2.89. The summed E-state index contributed by atoms with van der Waals surface area (Å²) in [5, 5.41) is 14.6. The molecule has 0 unspecified atom stereocenters. The molecule has 2 aromatic heterocycles. The zero-order chi connectivity index (χ0) is 15.4. The Balaban J connectivity index is 1.75. The Bertz CT molecular complexity index is 777. The molecule has 0 aliphatic heterocycles. The number of rotatable bonds is 6. The zero-order valence-electron chi connectivity index (χ0n) is 12.1. The number of halogens is 1. The molecule has 114 valence electrons. The van der Waals surface area contributed by atoms with Gasteiger partial charge in [-0.15, -0.1) is 10.2 Å². The van der Waals surface area contributed by atoms with Gasteiger partial charge in [-0.2, -0.15) is 21.4 Å². The Morgan fingerprint density at radius 2 is 2.05 bits per heavy atom. The maximum atomic E-state index is 5.88. The summed E-state index contributed by atoms with van der Waals surface area (Å²) in [7, 11) is 0. The van der Waals surface area contributed by atoms with Crippen LogP contribution in [0.3, 0.4) is 0 Å². The number of thioether (sulfide) groups is 1. The fourth-order valence-electron chi connectivity index (χ4n) is 1.88. The van der Waals surface area contributed by atoms with Gasteiger partial charge in [-0.25, -0.2) is 0 Å². The maximum absolute atomic E-state index is 5.88. The van der Waals surface area contributed by atoms with Gasteiger partial charge in [0.1, 0.15) is 5.01 Å². The number of nitrogens with zero attached hydrogens (tertiary/aromatic N) is 4. The Labute approximate surface area is 142 Å². The van der Waals surface area contributed by atoms with Crippen molar-refractivity contribution >= 4 is 51.8 Å². The van der Waals surface area contributed by atoms with E-state index in [1.807, 2.05) is 52.7 Å². The summed E-state index contributed by atoms with van der Waals surface area (Å²) >= 11 is 9.28. The van der Waals surface area contributed by atoms with Crippen LogP contribution in [0.2, 0.25) is 5.02 Å². The van der Waals surface area contributed by atoms with Crippen LogP contribution >= 0.6 is 34.7 Å². The van der Waals surface area contributed by atoms with Crippen molar-refractivity contribution in [1.82, 2.24) is 19.8 Å². The van der Waals surface area contributed by atoms with Crippen LogP contribution in [0.25, 0.3) is 17.1 Å². The van der Waals surface area contributed by atoms with Crippen molar-refractivity contribution in [3.05, 3.63) is 45.7 Å². The van der Waals surface area contributed by atoms with Crippen molar-refractivity contribution < 1.29 is 0 Å². The average molecular weight is 351 g/mol. The van der Waals surface area contributed by atoms with E-state index >= 15 is 0 Å². The van der Waals surface area contributed by atoms with E-state index in [1.165, 1.54) is 17.8 Å². The summed E-state index contributed by atoms with van der Waals surface area (Å²) in [6, 6.07) is 7.71. The molecule has 2 heterocycles. The van der Waals surface area contributed by atoms with E-state index in [-0.39, 0.29) is 0 Å². The highest BCUT2D eigenvalue weighted by molar-refractivity contribution is 7.98. The third kappa shape index (κ3) is 3.69. The van der Waals surface area contributed by atoms with Gasteiger partial charge in [-0.3, -0.25) is 0 Å². The van der Waals surface area contributed by atoms with E-state index in [0.29, 0.717) is 0 Å². The number of fused-ring (bicyclic) bond motifs is 1. The second kappa shape index (κ2) is 7.26. The highest BCUT2D eigenvalue weighted by Crippen LogP contribution is 2.19. The molecule has 0 N–H and O–H groups in total. The topological polar surface area (TPSA) is 43.1 Å². The Morgan fingerprint density at radius 3 is 2.82 bits per heavy atom. The fourth-order valence-corrected chi connectivity index (χ4v) is 3.56. The molecule has 3 aromatic rings. The average Bonchev–Trinajstić information content (AvgIpc) is 3.08. The smallest absolute Gasteiger partial charge is 0.186 e. The van der Waals surface area contributed by atoms with Crippen LogP contribution in [0, 0.1) is 0 Å². The molecule has 0 fully saturated rings. The third-order valence-electron chi connectivity index (χ3n) is 2.94. The molecule has 0 bridgehead atoms. The van der Waals surface area contributed by atoms with Crippen LogP contribution in [0.5, 0.6) is 0 Å². The number of aromatic nitrogens is 4. The Kier molecular flexibility index (Phi) is 5.12. The third-order valence-corrected chi connectivity index (χ3v) is 5.21. The van der Waals surface area contributed by atoms with Crippen molar-refractivity contribution in [2.24, 2.45) is 0 Å². The fraction of sp³-hybridized carbons (Fsp3) is 0.267. The molecule has 0 spiro atoms. The van der Waals surface area contributed by atoms with E-state index in [2.05, 4.69) is 22.2 Å². The molecule has 22 heavy (non-hydrogen) atoms. The van der Waals surface area contributed by atoms with Gasteiger partial charge in [-0.1, -0.05) is 48.1 Å². The maximum Gasteiger partial charge on any atom is 0.234 e. The van der Waals surface area contributed by atoms with Crippen molar-refractivity contribution in [2.45, 2.75) is 19.1 Å². The Morgan fingerprint density at radius 1 is 1.23 bits per heavy atom. The van der Waals surface area contributed by atoms with Crippen molar-refractivity contribution in [1.29, 1.82) is 0 Å². The second-order valence-corrected chi connectivity index (χ2v) is 7.22. The molecule has 0 atom stereocenters. The van der Waals surface area contributed by atoms with Crippen molar-refractivity contribution in [3.8, 4) is 0 Å². The number of benzene rings is 1. The van der Waals surface area contributed by atoms with Crippen LogP contribution in [-0.2, 0) is 5.75 Å².